The first-order valence-electron chi connectivity index (χ1n) is 9.14. The molecule has 11 nitrogen and oxygen atoms in total. The van der Waals surface area contributed by atoms with Gasteiger partial charge in [0.15, 0.2) is 7.28 Å². The lowest BCUT2D eigenvalue weighted by atomic mass is 9.72. The predicted molar refractivity (Wildman–Crippen MR) is 110 cm³/mol. The van der Waals surface area contributed by atoms with E-state index in [-0.39, 0.29) is 6.32 Å². The van der Waals surface area contributed by atoms with E-state index in [1.54, 1.807) is 41.5 Å². The minimum atomic E-state index is -1.35. The Bertz CT molecular complexity index is 580. The molecule has 0 aromatic rings. The molecular formula is C18H31BF2NO10. The Morgan fingerprint density at radius 2 is 1.31 bits per heavy atom. The van der Waals surface area contributed by atoms with Crippen molar-refractivity contribution in [2.24, 2.45) is 11.7 Å². The van der Waals surface area contributed by atoms with Crippen molar-refractivity contribution in [2.45, 2.75) is 65.1 Å². The largest absolute Gasteiger partial charge is 0.519 e. The number of carboxylic acids is 2. The smallest absolute Gasteiger partial charge is 0.481 e. The summed E-state index contributed by atoms with van der Waals surface area (Å²) < 4.78 is 36.6. The van der Waals surface area contributed by atoms with Crippen molar-refractivity contribution in [1.29, 1.82) is 0 Å². The summed E-state index contributed by atoms with van der Waals surface area (Å²) in [7, 11) is 1.10. The average molecular weight is 470 g/mol. The van der Waals surface area contributed by atoms with Gasteiger partial charge in [-0.1, -0.05) is 6.32 Å². The summed E-state index contributed by atoms with van der Waals surface area (Å²) in [4.78, 5) is 51.3. The Labute approximate surface area is 185 Å². The highest BCUT2D eigenvalue weighted by molar-refractivity contribution is 6.66. The summed E-state index contributed by atoms with van der Waals surface area (Å²) in [6, 6.07) is -1.35. The van der Waals surface area contributed by atoms with Gasteiger partial charge >= 0.3 is 24.2 Å². The molecule has 0 rings (SSSR count). The number of rotatable bonds is 7. The minimum Gasteiger partial charge on any atom is -0.481 e. The van der Waals surface area contributed by atoms with Crippen molar-refractivity contribution in [3.63, 3.8) is 0 Å². The quantitative estimate of drug-likeness (QED) is 0.215. The fourth-order valence-electron chi connectivity index (χ4n) is 1.13. The monoisotopic (exact) mass is 470 g/mol. The first kappa shape index (κ1) is 33.9. The zero-order valence-electron chi connectivity index (χ0n) is 18.9. The number of hydrogen-bond donors (Lipinski definition) is 3. The minimum absolute atomic E-state index is 0.0324. The van der Waals surface area contributed by atoms with Gasteiger partial charge < -0.3 is 35.0 Å². The van der Waals surface area contributed by atoms with Gasteiger partial charge in [-0.15, -0.1) is 0 Å². The SMILES string of the molecule is CC(C)(C)OC(=O)OC(=O)OC(C)(C)C.NC(CF)C(=O)O.O=C[B]CC(CF)C(=O)O. The first-order chi connectivity index (χ1) is 14.4. The van der Waals surface area contributed by atoms with Gasteiger partial charge in [0.25, 0.3) is 0 Å². The molecule has 1 radical (unpaired) electrons. The summed E-state index contributed by atoms with van der Waals surface area (Å²) in [5, 5.41) is 16.0. The third-order valence-corrected chi connectivity index (χ3v) is 2.48. The number of carboxylic acid groups (broad SMARTS) is 2. The lowest BCUT2D eigenvalue weighted by molar-refractivity contribution is -0.141. The molecule has 0 bridgehead atoms. The molecule has 0 aromatic carbocycles. The van der Waals surface area contributed by atoms with Crippen LogP contribution in [0.1, 0.15) is 41.5 Å². The van der Waals surface area contributed by atoms with Crippen LogP contribution in [0.5, 0.6) is 0 Å². The molecule has 0 aliphatic heterocycles. The number of ether oxygens (including phenoxy) is 3. The highest BCUT2D eigenvalue weighted by atomic mass is 19.1. The number of hydrogen-bond acceptors (Lipinski definition) is 9. The number of alkyl halides is 2. The van der Waals surface area contributed by atoms with Crippen molar-refractivity contribution in [1.82, 2.24) is 0 Å². The van der Waals surface area contributed by atoms with Crippen LogP contribution in [0, 0.1) is 5.92 Å². The molecule has 0 spiro atoms. The predicted octanol–water partition coefficient (Wildman–Crippen LogP) is 2.21. The normalized spacial score (nSPS) is 12.3. The van der Waals surface area contributed by atoms with E-state index in [1.165, 1.54) is 0 Å². The van der Waals surface area contributed by atoms with Crippen molar-refractivity contribution in [3.8, 4) is 0 Å². The van der Waals surface area contributed by atoms with Gasteiger partial charge in [0.05, 0.1) is 12.1 Å². The number of aliphatic carboxylic acids is 2. The highest BCUT2D eigenvalue weighted by Gasteiger charge is 2.24. The molecular weight excluding hydrogens is 439 g/mol. The van der Waals surface area contributed by atoms with Gasteiger partial charge in [0, 0.05) is 0 Å². The van der Waals surface area contributed by atoms with Crippen LogP contribution in [0.3, 0.4) is 0 Å². The molecule has 0 amide bonds. The summed E-state index contributed by atoms with van der Waals surface area (Å²) in [5.41, 5.74) is 3.25. The molecule has 14 heteroatoms. The Morgan fingerprint density at radius 3 is 1.50 bits per heavy atom. The molecule has 0 aliphatic carbocycles. The van der Waals surface area contributed by atoms with Crippen LogP contribution in [0.4, 0.5) is 18.4 Å². The van der Waals surface area contributed by atoms with Crippen LogP contribution in [-0.2, 0) is 28.6 Å². The maximum absolute atomic E-state index is 11.7. The van der Waals surface area contributed by atoms with E-state index in [1.807, 2.05) is 0 Å². The summed E-state index contributed by atoms with van der Waals surface area (Å²) in [6.07, 6.45) is -1.69. The third kappa shape index (κ3) is 25.3. The van der Waals surface area contributed by atoms with Gasteiger partial charge in [0.2, 0.25) is 0 Å². The van der Waals surface area contributed by atoms with Crippen molar-refractivity contribution < 1.29 is 57.2 Å². The fraction of sp³-hybridized carbons (Fsp3) is 0.722. The second kappa shape index (κ2) is 16.9. The lowest BCUT2D eigenvalue weighted by Crippen LogP contribution is -2.31. The van der Waals surface area contributed by atoms with Gasteiger partial charge in [-0.25, -0.2) is 14.0 Å². The molecule has 0 heterocycles. The van der Waals surface area contributed by atoms with E-state index < -0.39 is 60.8 Å². The first-order valence-corrected chi connectivity index (χ1v) is 9.14. The van der Waals surface area contributed by atoms with E-state index in [0.717, 1.165) is 7.28 Å². The van der Waals surface area contributed by atoms with Crippen LogP contribution in [0.2, 0.25) is 6.32 Å². The lowest BCUT2D eigenvalue weighted by Gasteiger charge is -2.20. The Balaban J connectivity index is -0.000000427. The zero-order chi connectivity index (χ0) is 26.1. The molecule has 0 fully saturated rings. The number of nitrogens with two attached hydrogens (primary N) is 1. The molecule has 2 atom stereocenters. The van der Waals surface area contributed by atoms with E-state index >= 15 is 0 Å². The summed E-state index contributed by atoms with van der Waals surface area (Å²) in [6.45, 7) is 8.08. The van der Waals surface area contributed by atoms with Crippen molar-refractivity contribution in [3.05, 3.63) is 0 Å². The third-order valence-electron chi connectivity index (χ3n) is 2.48. The molecule has 4 N–H and O–H groups in total. The van der Waals surface area contributed by atoms with Gasteiger partial charge in [-0.2, -0.15) is 0 Å². The summed E-state index contributed by atoms with van der Waals surface area (Å²) in [5.74, 6) is -3.58. The van der Waals surface area contributed by atoms with Crippen LogP contribution in [0.15, 0.2) is 0 Å². The van der Waals surface area contributed by atoms with Gasteiger partial charge in [0.1, 0.15) is 30.6 Å². The Kier molecular flexibility index (Phi) is 17.9. The summed E-state index contributed by atoms with van der Waals surface area (Å²) >= 11 is 0. The number of halogens is 2. The molecule has 0 aliphatic rings. The molecule has 0 aromatic heterocycles. The van der Waals surface area contributed by atoms with E-state index in [9.17, 15) is 32.8 Å². The maximum atomic E-state index is 11.7. The Morgan fingerprint density at radius 1 is 0.906 bits per heavy atom. The second-order valence-electron chi connectivity index (χ2n) is 7.93. The topological polar surface area (TPSA) is 180 Å². The highest BCUT2D eigenvalue weighted by Crippen LogP contribution is 2.11. The van der Waals surface area contributed by atoms with Crippen molar-refractivity contribution >= 4 is 37.7 Å². The van der Waals surface area contributed by atoms with E-state index in [0.29, 0.717) is 6.19 Å². The maximum Gasteiger partial charge on any atom is 0.519 e. The van der Waals surface area contributed by atoms with Crippen LogP contribution in [0.25, 0.3) is 0 Å². The van der Waals surface area contributed by atoms with Crippen LogP contribution >= 0.6 is 0 Å². The zero-order valence-corrected chi connectivity index (χ0v) is 18.9. The van der Waals surface area contributed by atoms with Gasteiger partial charge in [-0.05, 0) is 41.5 Å². The standard InChI is InChI=1S/C10H18O5.C5H7BFO3.C3H6FNO2/c1-9(2,3)14-7(11)13-8(12)15-10(4,5)6;7-2-4(5(9)10)1-6-3-8;4-1-2(5)3(6)7/h1-6H3;3-4H,1-2H2,(H,9,10);2H,1,5H2,(H,6,7). The molecule has 0 saturated carbocycles. The molecule has 2 unspecified atom stereocenters. The number of carbonyl (C=O) groups excluding carboxylic acids is 3. The molecule has 0 saturated heterocycles. The average Bonchev–Trinajstić information content (AvgIpc) is 2.58. The second-order valence-corrected chi connectivity index (χ2v) is 7.93. The fourth-order valence-corrected chi connectivity index (χ4v) is 1.13. The van der Waals surface area contributed by atoms with Crippen LogP contribution in [-0.4, -0.2) is 78.5 Å². The van der Waals surface area contributed by atoms with E-state index in [2.05, 4.69) is 10.5 Å². The molecule has 32 heavy (non-hydrogen) atoms. The Hall–Kier alpha value is -2.77. The van der Waals surface area contributed by atoms with E-state index in [4.69, 9.17) is 19.7 Å². The number of carbonyl (C=O) groups is 5. The molecule has 185 valence electrons. The van der Waals surface area contributed by atoms with Crippen molar-refractivity contribution in [2.75, 3.05) is 13.3 Å². The van der Waals surface area contributed by atoms with Gasteiger partial charge in [-0.3, -0.25) is 14.0 Å². The van der Waals surface area contributed by atoms with Crippen LogP contribution < -0.4 is 5.73 Å².